The second-order valence-corrected chi connectivity index (χ2v) is 6.32. The van der Waals surface area contributed by atoms with Crippen molar-refractivity contribution in [1.29, 1.82) is 0 Å². The maximum atomic E-state index is 12.5. The van der Waals surface area contributed by atoms with Gasteiger partial charge < -0.3 is 9.15 Å². The highest BCUT2D eigenvalue weighted by Gasteiger charge is 2.24. The number of imidazole rings is 1. The van der Waals surface area contributed by atoms with E-state index in [1.54, 1.807) is 13.2 Å². The molecule has 0 aliphatic heterocycles. The van der Waals surface area contributed by atoms with Crippen LogP contribution in [0.15, 0.2) is 64.1 Å². The van der Waals surface area contributed by atoms with Gasteiger partial charge in [0.1, 0.15) is 11.4 Å². The molecule has 0 unspecified atom stereocenters. The van der Waals surface area contributed by atoms with Crippen LogP contribution >= 0.6 is 0 Å². The van der Waals surface area contributed by atoms with Gasteiger partial charge in [-0.1, -0.05) is 31.5 Å². The molecule has 0 aliphatic carbocycles. The number of hydrogen-bond donors (Lipinski definition) is 0. The van der Waals surface area contributed by atoms with E-state index in [1.807, 2.05) is 53.4 Å². The maximum absolute atomic E-state index is 12.5. The topological polar surface area (TPSA) is 48.2 Å². The third-order valence-electron chi connectivity index (χ3n) is 4.63. The van der Waals surface area contributed by atoms with Gasteiger partial charge in [0.25, 0.3) is 6.33 Å². The zero-order chi connectivity index (χ0) is 18.1. The van der Waals surface area contributed by atoms with Crippen LogP contribution in [0.1, 0.15) is 19.8 Å². The number of hydrogen-bond acceptors (Lipinski definition) is 3. The molecule has 26 heavy (non-hydrogen) atoms. The van der Waals surface area contributed by atoms with Crippen LogP contribution in [0.4, 0.5) is 0 Å². The lowest BCUT2D eigenvalue weighted by Crippen LogP contribution is -2.32. The lowest BCUT2D eigenvalue weighted by molar-refractivity contribution is -0.678. The highest BCUT2D eigenvalue weighted by molar-refractivity contribution is 6.00. The van der Waals surface area contributed by atoms with Gasteiger partial charge in [0.05, 0.1) is 19.0 Å². The Balaban J connectivity index is 2.08. The van der Waals surface area contributed by atoms with Crippen LogP contribution in [0.25, 0.3) is 27.7 Å². The molecular formula is C21H21N2O3+. The van der Waals surface area contributed by atoms with Gasteiger partial charge in [0.2, 0.25) is 5.52 Å². The summed E-state index contributed by atoms with van der Waals surface area (Å²) in [4.78, 5) is 12.5. The summed E-state index contributed by atoms with van der Waals surface area (Å²) in [5.41, 5.74) is 2.15. The van der Waals surface area contributed by atoms with Crippen LogP contribution in [0.3, 0.4) is 0 Å². The summed E-state index contributed by atoms with van der Waals surface area (Å²) < 4.78 is 15.2. The quantitative estimate of drug-likeness (QED) is 0.515. The Morgan fingerprint density at radius 3 is 2.69 bits per heavy atom. The summed E-state index contributed by atoms with van der Waals surface area (Å²) in [6, 6.07) is 15.4. The Hall–Kier alpha value is -3.08. The van der Waals surface area contributed by atoms with Crippen molar-refractivity contribution in [3.8, 4) is 11.4 Å². The summed E-state index contributed by atoms with van der Waals surface area (Å²) in [6.45, 7) is 2.94. The molecule has 0 radical (unpaired) electrons. The van der Waals surface area contributed by atoms with E-state index >= 15 is 0 Å². The minimum absolute atomic E-state index is 0.304. The first-order chi connectivity index (χ1) is 12.7. The maximum Gasteiger partial charge on any atom is 0.347 e. The third-order valence-corrected chi connectivity index (χ3v) is 4.63. The zero-order valence-electron chi connectivity index (χ0n) is 14.9. The average molecular weight is 349 g/mol. The van der Waals surface area contributed by atoms with Crippen LogP contribution < -0.4 is 14.9 Å². The fraction of sp³-hybridized carbons (Fsp3) is 0.238. The summed E-state index contributed by atoms with van der Waals surface area (Å²) in [6.07, 6.45) is 4.08. The summed E-state index contributed by atoms with van der Waals surface area (Å²) in [7, 11) is 1.66. The fourth-order valence-electron chi connectivity index (χ4n) is 3.29. The first kappa shape index (κ1) is 16.4. The van der Waals surface area contributed by atoms with Crippen LogP contribution in [-0.2, 0) is 6.54 Å². The number of nitrogens with zero attached hydrogens (tertiary/aromatic N) is 2. The fourth-order valence-corrected chi connectivity index (χ4v) is 3.29. The smallest absolute Gasteiger partial charge is 0.347 e. The first-order valence-corrected chi connectivity index (χ1v) is 8.83. The highest BCUT2D eigenvalue weighted by Crippen LogP contribution is 2.26. The molecule has 5 nitrogen and oxygen atoms in total. The molecule has 2 heterocycles. The number of aryl methyl sites for hydroxylation is 1. The Kier molecular flexibility index (Phi) is 4.21. The normalized spacial score (nSPS) is 11.3. The standard InChI is InChI=1S/C21H21N2O3/c1-3-4-12-22-14-23(15-8-7-9-16(13-15)25-2)19-17-10-5-6-11-18(17)21(24)26-20(19)22/h5-11,13-14H,3-4,12H2,1-2H3/q+1. The Morgan fingerprint density at radius 2 is 1.92 bits per heavy atom. The predicted molar refractivity (Wildman–Crippen MR) is 101 cm³/mol. The molecule has 5 heteroatoms. The van der Waals surface area contributed by atoms with E-state index in [2.05, 4.69) is 11.5 Å². The van der Waals surface area contributed by atoms with Gasteiger partial charge in [-0.2, -0.15) is 9.13 Å². The highest BCUT2D eigenvalue weighted by atomic mass is 16.5. The second kappa shape index (κ2) is 6.67. The third kappa shape index (κ3) is 2.65. The molecule has 0 N–H and O–H groups in total. The molecule has 0 amide bonds. The molecule has 0 saturated heterocycles. The molecule has 132 valence electrons. The van der Waals surface area contributed by atoms with E-state index in [1.165, 1.54) is 0 Å². The lowest BCUT2D eigenvalue weighted by atomic mass is 10.1. The molecule has 0 aliphatic rings. The number of unbranched alkanes of at least 4 members (excludes halogenated alkanes) is 1. The van der Waals surface area contributed by atoms with Gasteiger partial charge in [0.15, 0.2) is 0 Å². The van der Waals surface area contributed by atoms with E-state index < -0.39 is 0 Å². The minimum atomic E-state index is -0.304. The van der Waals surface area contributed by atoms with Crippen LogP contribution in [0.2, 0.25) is 0 Å². The van der Waals surface area contributed by atoms with Crippen molar-refractivity contribution in [2.45, 2.75) is 26.3 Å². The zero-order valence-corrected chi connectivity index (χ0v) is 14.9. The van der Waals surface area contributed by atoms with E-state index in [4.69, 9.17) is 9.15 Å². The number of fused-ring (bicyclic) bond motifs is 3. The Morgan fingerprint density at radius 1 is 1.12 bits per heavy atom. The largest absolute Gasteiger partial charge is 0.497 e. The van der Waals surface area contributed by atoms with Gasteiger partial charge in [-0.15, -0.1) is 0 Å². The van der Waals surface area contributed by atoms with Crippen molar-refractivity contribution in [3.05, 3.63) is 65.3 Å². The van der Waals surface area contributed by atoms with E-state index in [9.17, 15) is 4.79 Å². The minimum Gasteiger partial charge on any atom is -0.497 e. The summed E-state index contributed by atoms with van der Waals surface area (Å²) >= 11 is 0. The SMILES string of the molecule is CCCC[n+]1cn(-c2cccc(OC)c2)c2c3ccccc3c(=O)oc21. The molecule has 4 rings (SSSR count). The Bertz CT molecular complexity index is 1140. The van der Waals surface area contributed by atoms with Gasteiger partial charge in [-0.3, -0.25) is 0 Å². The average Bonchev–Trinajstić information content (AvgIpc) is 3.05. The van der Waals surface area contributed by atoms with E-state index in [0.29, 0.717) is 11.1 Å². The molecule has 0 spiro atoms. The van der Waals surface area contributed by atoms with Crippen molar-refractivity contribution >= 4 is 22.0 Å². The van der Waals surface area contributed by atoms with Crippen molar-refractivity contribution in [2.75, 3.05) is 7.11 Å². The number of benzene rings is 2. The van der Waals surface area contributed by atoms with E-state index in [-0.39, 0.29) is 5.63 Å². The van der Waals surface area contributed by atoms with E-state index in [0.717, 1.165) is 41.7 Å². The molecule has 0 atom stereocenters. The Labute approximate surface area is 151 Å². The van der Waals surface area contributed by atoms with Gasteiger partial charge >= 0.3 is 11.3 Å². The van der Waals surface area contributed by atoms with Crippen molar-refractivity contribution < 1.29 is 13.7 Å². The number of ether oxygens (including phenoxy) is 1. The molecule has 2 aromatic heterocycles. The molecule has 0 fully saturated rings. The summed E-state index contributed by atoms with van der Waals surface area (Å²) in [5, 5.41) is 1.47. The summed E-state index contributed by atoms with van der Waals surface area (Å²) in [5.74, 6) is 0.783. The second-order valence-electron chi connectivity index (χ2n) is 6.32. The number of rotatable bonds is 5. The molecular weight excluding hydrogens is 328 g/mol. The van der Waals surface area contributed by atoms with Crippen molar-refractivity contribution in [2.24, 2.45) is 0 Å². The van der Waals surface area contributed by atoms with Crippen LogP contribution in [-0.4, -0.2) is 11.7 Å². The molecule has 2 aromatic carbocycles. The molecule has 0 saturated carbocycles. The van der Waals surface area contributed by atoms with Crippen LogP contribution in [0.5, 0.6) is 5.75 Å². The van der Waals surface area contributed by atoms with Crippen molar-refractivity contribution in [3.63, 3.8) is 0 Å². The van der Waals surface area contributed by atoms with Gasteiger partial charge in [0, 0.05) is 11.5 Å². The first-order valence-electron chi connectivity index (χ1n) is 8.83. The van der Waals surface area contributed by atoms with Crippen molar-refractivity contribution in [1.82, 2.24) is 4.57 Å². The lowest BCUT2D eigenvalue weighted by Gasteiger charge is -2.02. The number of aromatic nitrogens is 2. The predicted octanol–water partition coefficient (Wildman–Crippen LogP) is 3.83. The van der Waals surface area contributed by atoms with Gasteiger partial charge in [-0.25, -0.2) is 4.79 Å². The monoisotopic (exact) mass is 349 g/mol. The number of methoxy groups -OCH3 is 1. The molecule has 4 aromatic rings. The van der Waals surface area contributed by atoms with Crippen LogP contribution in [0, 0.1) is 0 Å². The van der Waals surface area contributed by atoms with Gasteiger partial charge in [-0.05, 0) is 30.7 Å². The molecule has 0 bridgehead atoms.